The van der Waals surface area contributed by atoms with Crippen molar-refractivity contribution in [3.05, 3.63) is 64.6 Å². The van der Waals surface area contributed by atoms with Crippen LogP contribution in [0.1, 0.15) is 5.69 Å². The summed E-state index contributed by atoms with van der Waals surface area (Å²) in [5.41, 5.74) is 3.13. The quantitative estimate of drug-likeness (QED) is 0.629. The molecule has 0 fully saturated rings. The monoisotopic (exact) mass is 323 g/mol. The van der Waals surface area contributed by atoms with Crippen LogP contribution in [-0.4, -0.2) is 21.7 Å². The summed E-state index contributed by atoms with van der Waals surface area (Å²) in [6.45, 7) is -0.666. The topological polar surface area (TPSA) is 59.4 Å². The molecule has 0 radical (unpaired) electrons. The summed E-state index contributed by atoms with van der Waals surface area (Å²) in [6.07, 6.45) is 0. The molecule has 1 aromatic carbocycles. The van der Waals surface area contributed by atoms with E-state index in [9.17, 15) is 9.18 Å². The Morgan fingerprint density at radius 1 is 1.17 bits per heavy atom. The number of halogens is 1. The maximum atomic E-state index is 13.1. The Kier molecular flexibility index (Phi) is 3.30. The van der Waals surface area contributed by atoms with Crippen LogP contribution in [-0.2, 0) is 6.67 Å². The van der Waals surface area contributed by atoms with Gasteiger partial charge in [0.1, 0.15) is 6.67 Å². The summed E-state index contributed by atoms with van der Waals surface area (Å²) < 4.78 is 19.9. The van der Waals surface area contributed by atoms with Gasteiger partial charge in [0.15, 0.2) is 0 Å². The van der Waals surface area contributed by atoms with E-state index in [2.05, 4.69) is 10.1 Å². The van der Waals surface area contributed by atoms with Gasteiger partial charge < -0.3 is 9.72 Å². The number of aromatic nitrogens is 3. The Labute approximate surface area is 136 Å². The number of alkyl halides is 1. The van der Waals surface area contributed by atoms with Gasteiger partial charge in [-0.1, -0.05) is 18.2 Å². The van der Waals surface area contributed by atoms with Gasteiger partial charge in [-0.05, 0) is 23.8 Å². The molecule has 0 bridgehead atoms. The van der Waals surface area contributed by atoms with Crippen molar-refractivity contribution < 1.29 is 9.13 Å². The second-order valence-corrected chi connectivity index (χ2v) is 5.45. The summed E-state index contributed by atoms with van der Waals surface area (Å²) in [7, 11) is 1.54. The number of H-pyrrole nitrogens is 1. The molecule has 4 aromatic rings. The first kappa shape index (κ1) is 14.4. The molecule has 0 saturated carbocycles. The van der Waals surface area contributed by atoms with Gasteiger partial charge in [-0.2, -0.15) is 5.10 Å². The van der Waals surface area contributed by atoms with Crippen molar-refractivity contribution >= 4 is 16.4 Å². The van der Waals surface area contributed by atoms with E-state index in [1.165, 1.54) is 7.11 Å². The lowest BCUT2D eigenvalue weighted by Crippen LogP contribution is -2.05. The summed E-state index contributed by atoms with van der Waals surface area (Å²) in [5.74, 6) is 0.502. The number of nitrogens with one attached hydrogen (secondary N) is 1. The second-order valence-electron chi connectivity index (χ2n) is 5.45. The zero-order chi connectivity index (χ0) is 16.7. The molecule has 1 N–H and O–H groups in total. The Bertz CT molecular complexity index is 1110. The second kappa shape index (κ2) is 5.49. The molecule has 0 saturated heterocycles. The summed E-state index contributed by atoms with van der Waals surface area (Å²) in [6, 6.07) is 14.4. The van der Waals surface area contributed by atoms with Crippen molar-refractivity contribution in [2.24, 2.45) is 0 Å². The van der Waals surface area contributed by atoms with Crippen molar-refractivity contribution in [2.75, 3.05) is 7.11 Å². The maximum absolute atomic E-state index is 13.1. The Morgan fingerprint density at radius 3 is 2.79 bits per heavy atom. The number of aromatic amines is 1. The van der Waals surface area contributed by atoms with Crippen LogP contribution in [0.3, 0.4) is 0 Å². The third-order valence-electron chi connectivity index (χ3n) is 4.02. The first-order valence-corrected chi connectivity index (χ1v) is 7.45. The van der Waals surface area contributed by atoms with E-state index in [4.69, 9.17) is 4.74 Å². The van der Waals surface area contributed by atoms with Crippen molar-refractivity contribution in [3.8, 4) is 17.0 Å². The predicted octanol–water partition coefficient (Wildman–Crippen LogP) is 3.32. The third kappa shape index (κ3) is 2.15. The molecule has 0 aliphatic rings. The molecule has 0 aliphatic heterocycles. The summed E-state index contributed by atoms with van der Waals surface area (Å²) in [4.78, 5) is 14.9. The van der Waals surface area contributed by atoms with Crippen LogP contribution in [0.2, 0.25) is 0 Å². The van der Waals surface area contributed by atoms with Crippen LogP contribution >= 0.6 is 0 Å². The lowest BCUT2D eigenvalue weighted by Gasteiger charge is -2.10. The fraction of sp³-hybridized carbons (Fsp3) is 0.111. The van der Waals surface area contributed by atoms with Crippen LogP contribution < -0.4 is 10.3 Å². The van der Waals surface area contributed by atoms with E-state index in [-0.39, 0.29) is 5.56 Å². The molecule has 24 heavy (non-hydrogen) atoms. The molecule has 0 atom stereocenters. The normalized spacial score (nSPS) is 11.2. The van der Waals surface area contributed by atoms with Crippen molar-refractivity contribution in [3.63, 3.8) is 0 Å². The van der Waals surface area contributed by atoms with Gasteiger partial charge in [0.05, 0.1) is 18.3 Å². The van der Waals surface area contributed by atoms with Gasteiger partial charge in [-0.25, -0.2) is 8.91 Å². The van der Waals surface area contributed by atoms with E-state index < -0.39 is 6.67 Å². The number of benzene rings is 1. The smallest absolute Gasteiger partial charge is 0.249 e. The molecule has 0 spiro atoms. The average molecular weight is 323 g/mol. The van der Waals surface area contributed by atoms with Crippen LogP contribution in [0.4, 0.5) is 4.39 Å². The van der Waals surface area contributed by atoms with Gasteiger partial charge in [-0.3, -0.25) is 4.79 Å². The van der Waals surface area contributed by atoms with Crippen molar-refractivity contribution in [1.82, 2.24) is 14.6 Å². The Morgan fingerprint density at radius 2 is 2.00 bits per heavy atom. The molecule has 5 nitrogen and oxygen atoms in total. The molecular weight excluding hydrogens is 309 g/mol. The van der Waals surface area contributed by atoms with Crippen LogP contribution in [0.15, 0.2) is 53.3 Å². The number of hydrogen-bond donors (Lipinski definition) is 1. The van der Waals surface area contributed by atoms with E-state index in [1.54, 1.807) is 22.7 Å². The molecule has 0 amide bonds. The number of pyridine rings is 2. The number of fused-ring (bicyclic) bond motifs is 2. The minimum absolute atomic E-state index is 0.192. The fourth-order valence-corrected chi connectivity index (χ4v) is 2.98. The van der Waals surface area contributed by atoms with E-state index in [1.807, 2.05) is 30.3 Å². The Hall–Kier alpha value is -3.15. The van der Waals surface area contributed by atoms with E-state index in [0.717, 1.165) is 22.0 Å². The molecule has 3 aromatic heterocycles. The predicted molar refractivity (Wildman–Crippen MR) is 90.1 cm³/mol. The lowest BCUT2D eigenvalue weighted by atomic mass is 10.0. The first-order chi connectivity index (χ1) is 11.7. The standard InChI is InChI=1S/C18H14FN3O2/c1-24-18-7-6-13(16-8-11(10-19)21-22(16)18)14-9-17(23)20-15-5-3-2-4-12(14)15/h2-9H,10H2,1H3,(H,20,23). The first-order valence-electron chi connectivity index (χ1n) is 7.45. The van der Waals surface area contributed by atoms with Crippen LogP contribution in [0, 0.1) is 0 Å². The largest absolute Gasteiger partial charge is 0.481 e. The number of para-hydroxylation sites is 1. The van der Waals surface area contributed by atoms with Crippen molar-refractivity contribution in [2.45, 2.75) is 6.67 Å². The molecule has 0 aliphatic carbocycles. The SMILES string of the molecule is COc1ccc(-c2cc(=O)[nH]c3ccccc23)c2cc(CF)nn12. The molecule has 6 heteroatoms. The Balaban J connectivity index is 2.11. The third-order valence-corrected chi connectivity index (χ3v) is 4.02. The zero-order valence-electron chi connectivity index (χ0n) is 12.9. The van der Waals surface area contributed by atoms with Gasteiger partial charge in [0.25, 0.3) is 0 Å². The minimum atomic E-state index is -0.666. The molecular formula is C18H14FN3O2. The van der Waals surface area contributed by atoms with E-state index >= 15 is 0 Å². The maximum Gasteiger partial charge on any atom is 0.249 e. The van der Waals surface area contributed by atoms with Gasteiger partial charge in [0.2, 0.25) is 11.4 Å². The van der Waals surface area contributed by atoms with Gasteiger partial charge in [-0.15, -0.1) is 0 Å². The highest BCUT2D eigenvalue weighted by atomic mass is 19.1. The summed E-state index contributed by atoms with van der Waals surface area (Å²) >= 11 is 0. The van der Waals surface area contributed by atoms with Gasteiger partial charge in [0, 0.05) is 28.6 Å². The molecule has 120 valence electrons. The molecule has 3 heterocycles. The van der Waals surface area contributed by atoms with Crippen LogP contribution in [0.25, 0.3) is 27.5 Å². The highest BCUT2D eigenvalue weighted by Gasteiger charge is 2.14. The number of hydrogen-bond acceptors (Lipinski definition) is 3. The summed E-state index contributed by atoms with van der Waals surface area (Å²) in [5, 5.41) is 5.13. The van der Waals surface area contributed by atoms with Gasteiger partial charge >= 0.3 is 0 Å². The molecule has 4 rings (SSSR count). The highest BCUT2D eigenvalue weighted by Crippen LogP contribution is 2.32. The fourth-order valence-electron chi connectivity index (χ4n) is 2.98. The molecule has 0 unspecified atom stereocenters. The number of nitrogens with zero attached hydrogens (tertiary/aromatic N) is 2. The van der Waals surface area contributed by atoms with Crippen LogP contribution in [0.5, 0.6) is 5.88 Å². The number of ether oxygens (including phenoxy) is 1. The zero-order valence-corrected chi connectivity index (χ0v) is 12.9. The average Bonchev–Trinajstić information content (AvgIpc) is 3.04. The minimum Gasteiger partial charge on any atom is -0.481 e. The number of methoxy groups -OCH3 is 1. The van der Waals surface area contributed by atoms with Crippen molar-refractivity contribution in [1.29, 1.82) is 0 Å². The number of rotatable bonds is 3. The highest BCUT2D eigenvalue weighted by molar-refractivity contribution is 5.98. The van der Waals surface area contributed by atoms with E-state index in [0.29, 0.717) is 17.1 Å². The lowest BCUT2D eigenvalue weighted by molar-refractivity contribution is 0.384.